The van der Waals surface area contributed by atoms with Gasteiger partial charge in [-0.15, -0.1) is 0 Å². The fraction of sp³-hybridized carbons (Fsp3) is 0.0588. The van der Waals surface area contributed by atoms with E-state index in [0.29, 0.717) is 16.9 Å². The van der Waals surface area contributed by atoms with Crippen LogP contribution in [-0.4, -0.2) is 26.6 Å². The van der Waals surface area contributed by atoms with Crippen molar-refractivity contribution >= 4 is 11.8 Å². The van der Waals surface area contributed by atoms with E-state index in [1.807, 2.05) is 6.07 Å². The number of benzene rings is 1. The number of amides is 2. The molecular weight excluding hydrogens is 306 g/mol. The Balaban J connectivity index is 1.77. The molecule has 0 unspecified atom stereocenters. The molecule has 3 N–H and O–H groups in total. The first kappa shape index (κ1) is 15.4. The lowest BCUT2D eigenvalue weighted by Crippen LogP contribution is -2.37. The molecule has 120 valence electrons. The van der Waals surface area contributed by atoms with Crippen LogP contribution in [0.2, 0.25) is 0 Å². The number of nitrogens with one attached hydrogen (secondary N) is 1. The Kier molecular flexibility index (Phi) is 4.33. The van der Waals surface area contributed by atoms with Gasteiger partial charge in [0.15, 0.2) is 5.82 Å². The van der Waals surface area contributed by atoms with Crippen LogP contribution in [0, 0.1) is 0 Å². The van der Waals surface area contributed by atoms with Crippen LogP contribution in [0.25, 0.3) is 5.82 Å². The fourth-order valence-corrected chi connectivity index (χ4v) is 2.24. The van der Waals surface area contributed by atoms with Gasteiger partial charge in [-0.2, -0.15) is 5.10 Å². The highest BCUT2D eigenvalue weighted by Gasteiger charge is 2.20. The van der Waals surface area contributed by atoms with Gasteiger partial charge >= 0.3 is 0 Å². The highest BCUT2D eigenvalue weighted by molar-refractivity contribution is 5.97. The molecule has 0 saturated heterocycles. The number of carbonyl (C=O) groups excluding carboxylic acids is 2. The van der Waals surface area contributed by atoms with Gasteiger partial charge in [-0.3, -0.25) is 9.59 Å². The molecule has 0 saturated carbocycles. The van der Waals surface area contributed by atoms with E-state index < -0.39 is 17.9 Å². The number of pyridine rings is 1. The summed E-state index contributed by atoms with van der Waals surface area (Å²) in [6.45, 7) is 0. The average molecular weight is 321 g/mol. The van der Waals surface area contributed by atoms with E-state index in [9.17, 15) is 9.59 Å². The van der Waals surface area contributed by atoms with E-state index in [1.54, 1.807) is 59.5 Å². The number of nitrogens with zero attached hydrogens (tertiary/aromatic N) is 3. The van der Waals surface area contributed by atoms with Gasteiger partial charge in [0, 0.05) is 18.6 Å². The number of hydrogen-bond acceptors (Lipinski definition) is 4. The highest BCUT2D eigenvalue weighted by atomic mass is 16.2. The molecule has 3 rings (SSSR count). The lowest BCUT2D eigenvalue weighted by Gasteiger charge is -2.15. The Labute approximate surface area is 138 Å². The third-order valence-corrected chi connectivity index (χ3v) is 3.44. The zero-order valence-electron chi connectivity index (χ0n) is 12.7. The van der Waals surface area contributed by atoms with Crippen molar-refractivity contribution in [1.82, 2.24) is 20.1 Å². The van der Waals surface area contributed by atoms with Crippen molar-refractivity contribution in [2.24, 2.45) is 5.73 Å². The van der Waals surface area contributed by atoms with Crippen molar-refractivity contribution in [3.8, 4) is 5.82 Å². The van der Waals surface area contributed by atoms with E-state index in [4.69, 9.17) is 5.73 Å². The van der Waals surface area contributed by atoms with E-state index in [2.05, 4.69) is 15.4 Å². The summed E-state index contributed by atoms with van der Waals surface area (Å²) in [4.78, 5) is 28.2. The predicted molar refractivity (Wildman–Crippen MR) is 87.2 cm³/mol. The van der Waals surface area contributed by atoms with Gasteiger partial charge in [-0.25, -0.2) is 9.67 Å². The van der Waals surface area contributed by atoms with Gasteiger partial charge in [-0.05, 0) is 23.8 Å². The fourth-order valence-electron chi connectivity index (χ4n) is 2.24. The third kappa shape index (κ3) is 3.30. The Morgan fingerprint density at radius 2 is 1.88 bits per heavy atom. The van der Waals surface area contributed by atoms with Crippen LogP contribution in [0.1, 0.15) is 22.0 Å². The minimum atomic E-state index is -0.899. The average Bonchev–Trinajstić information content (AvgIpc) is 3.15. The second-order valence-corrected chi connectivity index (χ2v) is 5.08. The van der Waals surface area contributed by atoms with Crippen LogP contribution in [0.3, 0.4) is 0 Å². The standard InChI is InChI=1S/C17H15N5O2/c18-16(23)15(12-5-2-1-3-6-12)21-17(24)13-7-8-14(19-11-13)22-10-4-9-20-22/h1-11,15H,(H2,18,23)(H,21,24)/t15-/m0/s1. The largest absolute Gasteiger partial charge is 0.368 e. The first-order chi connectivity index (χ1) is 11.6. The van der Waals surface area contributed by atoms with Crippen LogP contribution in [0.15, 0.2) is 67.1 Å². The van der Waals surface area contributed by atoms with Crippen molar-refractivity contribution in [2.45, 2.75) is 6.04 Å². The third-order valence-electron chi connectivity index (χ3n) is 3.44. The molecule has 2 aromatic heterocycles. The number of rotatable bonds is 5. The van der Waals surface area contributed by atoms with Crippen LogP contribution in [0.4, 0.5) is 0 Å². The number of hydrogen-bond donors (Lipinski definition) is 2. The minimum absolute atomic E-state index is 0.327. The molecule has 3 aromatic rings. The number of carbonyl (C=O) groups is 2. The molecule has 0 radical (unpaired) electrons. The zero-order chi connectivity index (χ0) is 16.9. The lowest BCUT2D eigenvalue weighted by molar-refractivity contribution is -0.120. The summed E-state index contributed by atoms with van der Waals surface area (Å²) in [5.74, 6) is -0.469. The Morgan fingerprint density at radius 3 is 2.46 bits per heavy atom. The molecule has 24 heavy (non-hydrogen) atoms. The normalized spacial score (nSPS) is 11.7. The molecule has 0 aliphatic rings. The van der Waals surface area contributed by atoms with Crippen LogP contribution in [-0.2, 0) is 4.79 Å². The summed E-state index contributed by atoms with van der Waals surface area (Å²) in [6.07, 6.45) is 4.82. The van der Waals surface area contributed by atoms with E-state index in [0.717, 1.165) is 0 Å². The van der Waals surface area contributed by atoms with E-state index in [1.165, 1.54) is 6.20 Å². The van der Waals surface area contributed by atoms with E-state index >= 15 is 0 Å². The highest BCUT2D eigenvalue weighted by Crippen LogP contribution is 2.13. The molecular formula is C17H15N5O2. The topological polar surface area (TPSA) is 103 Å². The molecule has 2 heterocycles. The lowest BCUT2D eigenvalue weighted by atomic mass is 10.1. The zero-order valence-corrected chi connectivity index (χ0v) is 12.7. The molecule has 0 aliphatic heterocycles. The molecule has 2 amide bonds. The number of aromatic nitrogens is 3. The number of primary amides is 1. The summed E-state index contributed by atoms with van der Waals surface area (Å²) in [5, 5.41) is 6.69. The maximum atomic E-state index is 12.3. The van der Waals surface area contributed by atoms with Crippen molar-refractivity contribution < 1.29 is 9.59 Å². The first-order valence-electron chi connectivity index (χ1n) is 7.26. The monoisotopic (exact) mass is 321 g/mol. The minimum Gasteiger partial charge on any atom is -0.368 e. The Hall–Kier alpha value is -3.48. The smallest absolute Gasteiger partial charge is 0.253 e. The molecule has 7 heteroatoms. The second-order valence-electron chi connectivity index (χ2n) is 5.08. The molecule has 1 atom stereocenters. The van der Waals surface area contributed by atoms with Crippen molar-refractivity contribution in [1.29, 1.82) is 0 Å². The summed E-state index contributed by atoms with van der Waals surface area (Å²) in [6, 6.07) is 13.0. The number of nitrogens with two attached hydrogens (primary N) is 1. The molecule has 0 bridgehead atoms. The quantitative estimate of drug-likeness (QED) is 0.737. The predicted octanol–water partition coefficient (Wildman–Crippen LogP) is 1.22. The Bertz CT molecular complexity index is 829. The molecule has 0 spiro atoms. The van der Waals surface area contributed by atoms with Gasteiger partial charge < -0.3 is 11.1 Å². The van der Waals surface area contributed by atoms with Crippen LogP contribution < -0.4 is 11.1 Å². The van der Waals surface area contributed by atoms with Crippen LogP contribution in [0.5, 0.6) is 0 Å². The summed E-state index contributed by atoms with van der Waals surface area (Å²) < 4.78 is 1.58. The molecule has 0 fully saturated rings. The van der Waals surface area contributed by atoms with Gasteiger partial charge in [0.25, 0.3) is 5.91 Å². The second kappa shape index (κ2) is 6.74. The van der Waals surface area contributed by atoms with Gasteiger partial charge in [-0.1, -0.05) is 30.3 Å². The summed E-state index contributed by atoms with van der Waals surface area (Å²) in [7, 11) is 0. The Morgan fingerprint density at radius 1 is 1.08 bits per heavy atom. The molecule has 7 nitrogen and oxygen atoms in total. The maximum absolute atomic E-state index is 12.3. The summed E-state index contributed by atoms with van der Waals surface area (Å²) >= 11 is 0. The summed E-state index contributed by atoms with van der Waals surface area (Å²) in [5.41, 5.74) is 6.35. The first-order valence-corrected chi connectivity index (χ1v) is 7.26. The van der Waals surface area contributed by atoms with Gasteiger partial charge in [0.05, 0.1) is 5.56 Å². The molecule has 1 aromatic carbocycles. The SMILES string of the molecule is NC(=O)[C@@H](NC(=O)c1ccc(-n2cccn2)nc1)c1ccccc1. The van der Waals surface area contributed by atoms with Gasteiger partial charge in [0.1, 0.15) is 6.04 Å². The van der Waals surface area contributed by atoms with Gasteiger partial charge in [0.2, 0.25) is 5.91 Å². The van der Waals surface area contributed by atoms with Crippen LogP contribution >= 0.6 is 0 Å². The van der Waals surface area contributed by atoms with Crippen molar-refractivity contribution in [2.75, 3.05) is 0 Å². The van der Waals surface area contributed by atoms with Crippen molar-refractivity contribution in [3.05, 3.63) is 78.2 Å². The maximum Gasteiger partial charge on any atom is 0.253 e. The van der Waals surface area contributed by atoms with Crippen molar-refractivity contribution in [3.63, 3.8) is 0 Å². The molecule has 0 aliphatic carbocycles. The van der Waals surface area contributed by atoms with E-state index in [-0.39, 0.29) is 0 Å².